The van der Waals surface area contributed by atoms with Crippen LogP contribution in [0.2, 0.25) is 0 Å². The molecule has 0 radical (unpaired) electrons. The molecule has 0 unspecified atom stereocenters. The molecule has 21 heavy (non-hydrogen) atoms. The molecule has 0 bridgehead atoms. The highest BCUT2D eigenvalue weighted by molar-refractivity contribution is 5.97. The van der Waals surface area contributed by atoms with Crippen molar-refractivity contribution >= 4 is 17.5 Å². The lowest BCUT2D eigenvalue weighted by Crippen LogP contribution is -2.45. The maximum absolute atomic E-state index is 12.1. The minimum atomic E-state index is -0.202. The summed E-state index contributed by atoms with van der Waals surface area (Å²) < 4.78 is 5.20. The summed E-state index contributed by atoms with van der Waals surface area (Å²) in [6, 6.07) is 5.59. The average Bonchev–Trinajstić information content (AvgIpc) is 3.00. The predicted molar refractivity (Wildman–Crippen MR) is 78.4 cm³/mol. The molecular weight excluding hydrogens is 270 g/mol. The Labute approximate surface area is 123 Å². The smallest absolute Gasteiger partial charge is 0.251 e. The number of nitrogens with zero attached hydrogens (tertiary/aromatic N) is 1. The molecule has 6 heteroatoms. The van der Waals surface area contributed by atoms with Gasteiger partial charge in [0.2, 0.25) is 5.91 Å². The molecule has 2 aliphatic rings. The summed E-state index contributed by atoms with van der Waals surface area (Å²) in [5, 5.41) is 5.95. The van der Waals surface area contributed by atoms with Crippen molar-refractivity contribution < 1.29 is 14.3 Å². The van der Waals surface area contributed by atoms with Gasteiger partial charge < -0.3 is 20.3 Å². The van der Waals surface area contributed by atoms with Gasteiger partial charge in [-0.1, -0.05) is 0 Å². The van der Waals surface area contributed by atoms with Gasteiger partial charge in [0, 0.05) is 30.9 Å². The summed E-state index contributed by atoms with van der Waals surface area (Å²) >= 11 is 0. The number of nitrogens with one attached hydrogen (secondary N) is 2. The van der Waals surface area contributed by atoms with E-state index in [1.54, 1.807) is 11.0 Å². The largest absolute Gasteiger partial charge is 0.384 e. The van der Waals surface area contributed by atoms with E-state index in [4.69, 9.17) is 4.74 Å². The molecule has 1 aromatic rings. The Hall–Kier alpha value is -2.08. The first-order valence-electron chi connectivity index (χ1n) is 7.24. The Morgan fingerprint density at radius 3 is 2.90 bits per heavy atom. The van der Waals surface area contributed by atoms with E-state index in [1.165, 1.54) is 0 Å². The average molecular weight is 289 g/mol. The number of morpholine rings is 1. The molecule has 1 aromatic carbocycles. The molecule has 1 fully saturated rings. The SMILES string of the molecule is O=C(NCC(=O)N1CCOCC1)c1ccc2c(c1)CCN2. The Balaban J connectivity index is 1.55. The van der Waals surface area contributed by atoms with E-state index in [0.717, 1.165) is 24.2 Å². The summed E-state index contributed by atoms with van der Waals surface area (Å²) in [5.74, 6) is -0.263. The number of fused-ring (bicyclic) bond motifs is 1. The summed E-state index contributed by atoms with van der Waals surface area (Å²) in [5.41, 5.74) is 2.85. The molecule has 1 saturated heterocycles. The van der Waals surface area contributed by atoms with Gasteiger partial charge >= 0.3 is 0 Å². The van der Waals surface area contributed by atoms with E-state index in [2.05, 4.69) is 10.6 Å². The molecule has 2 amide bonds. The third-order valence-corrected chi connectivity index (χ3v) is 3.84. The summed E-state index contributed by atoms with van der Waals surface area (Å²) in [7, 11) is 0. The minimum Gasteiger partial charge on any atom is -0.384 e. The Morgan fingerprint density at radius 2 is 2.10 bits per heavy atom. The van der Waals surface area contributed by atoms with Gasteiger partial charge in [-0.15, -0.1) is 0 Å². The first-order valence-corrected chi connectivity index (χ1v) is 7.24. The first kappa shape index (κ1) is 13.9. The lowest BCUT2D eigenvalue weighted by molar-refractivity contribution is -0.134. The van der Waals surface area contributed by atoms with Gasteiger partial charge in [-0.2, -0.15) is 0 Å². The van der Waals surface area contributed by atoms with Crippen LogP contribution in [0.15, 0.2) is 18.2 Å². The molecule has 6 nitrogen and oxygen atoms in total. The van der Waals surface area contributed by atoms with Crippen molar-refractivity contribution in [2.24, 2.45) is 0 Å². The maximum atomic E-state index is 12.1. The fourth-order valence-corrected chi connectivity index (χ4v) is 2.63. The fraction of sp³-hybridized carbons (Fsp3) is 0.467. The van der Waals surface area contributed by atoms with E-state index in [-0.39, 0.29) is 18.4 Å². The van der Waals surface area contributed by atoms with Gasteiger partial charge in [0.25, 0.3) is 5.91 Å². The van der Waals surface area contributed by atoms with Crippen LogP contribution in [-0.2, 0) is 16.0 Å². The number of benzene rings is 1. The molecule has 0 aromatic heterocycles. The van der Waals surface area contributed by atoms with Gasteiger partial charge in [0.1, 0.15) is 0 Å². The first-order chi connectivity index (χ1) is 10.2. The molecule has 2 aliphatic heterocycles. The molecule has 0 spiro atoms. The number of carbonyl (C=O) groups excluding carboxylic acids is 2. The van der Waals surface area contributed by atoms with Crippen LogP contribution in [0.5, 0.6) is 0 Å². The molecule has 0 aliphatic carbocycles. The zero-order chi connectivity index (χ0) is 14.7. The number of carbonyl (C=O) groups is 2. The maximum Gasteiger partial charge on any atom is 0.251 e. The zero-order valence-corrected chi connectivity index (χ0v) is 11.9. The van der Waals surface area contributed by atoms with Gasteiger partial charge in [0.05, 0.1) is 19.8 Å². The van der Waals surface area contributed by atoms with Crippen LogP contribution in [0, 0.1) is 0 Å². The third kappa shape index (κ3) is 3.16. The lowest BCUT2D eigenvalue weighted by atomic mass is 10.1. The highest BCUT2D eigenvalue weighted by Crippen LogP contribution is 2.22. The van der Waals surface area contributed by atoms with Gasteiger partial charge in [-0.25, -0.2) is 0 Å². The monoisotopic (exact) mass is 289 g/mol. The van der Waals surface area contributed by atoms with Crippen molar-refractivity contribution in [2.75, 3.05) is 44.7 Å². The van der Waals surface area contributed by atoms with E-state index < -0.39 is 0 Å². The quantitative estimate of drug-likeness (QED) is 0.836. The van der Waals surface area contributed by atoms with Crippen molar-refractivity contribution in [3.63, 3.8) is 0 Å². The molecule has 112 valence electrons. The normalized spacial score (nSPS) is 17.0. The second kappa shape index (κ2) is 6.13. The van der Waals surface area contributed by atoms with Crippen molar-refractivity contribution in [3.8, 4) is 0 Å². The number of hydrogen-bond donors (Lipinski definition) is 2. The number of ether oxygens (including phenoxy) is 1. The summed E-state index contributed by atoms with van der Waals surface area (Å²) in [6.45, 7) is 3.28. The third-order valence-electron chi connectivity index (χ3n) is 3.84. The molecular formula is C15H19N3O3. The van der Waals surface area contributed by atoms with Crippen molar-refractivity contribution in [2.45, 2.75) is 6.42 Å². The van der Waals surface area contributed by atoms with Gasteiger partial charge in [0.15, 0.2) is 0 Å². The number of anilines is 1. The van der Waals surface area contributed by atoms with E-state index >= 15 is 0 Å². The number of amides is 2. The van der Waals surface area contributed by atoms with Crippen LogP contribution in [0.3, 0.4) is 0 Å². The van der Waals surface area contributed by atoms with E-state index in [0.29, 0.717) is 31.9 Å². The van der Waals surface area contributed by atoms with Crippen LogP contribution in [-0.4, -0.2) is 56.1 Å². The Bertz CT molecular complexity index is 553. The molecule has 0 saturated carbocycles. The summed E-state index contributed by atoms with van der Waals surface area (Å²) in [6.07, 6.45) is 0.934. The van der Waals surface area contributed by atoms with E-state index in [1.807, 2.05) is 12.1 Å². The second-order valence-corrected chi connectivity index (χ2v) is 5.22. The van der Waals surface area contributed by atoms with Crippen molar-refractivity contribution in [1.82, 2.24) is 10.2 Å². The van der Waals surface area contributed by atoms with Crippen molar-refractivity contribution in [3.05, 3.63) is 29.3 Å². The molecule has 3 rings (SSSR count). The van der Waals surface area contributed by atoms with E-state index in [9.17, 15) is 9.59 Å². The fourth-order valence-electron chi connectivity index (χ4n) is 2.63. The van der Waals surface area contributed by atoms with Crippen LogP contribution >= 0.6 is 0 Å². The molecule has 2 heterocycles. The predicted octanol–water partition coefficient (Wildman–Crippen LogP) is 0.243. The van der Waals surface area contributed by atoms with Gasteiger partial charge in [-0.3, -0.25) is 9.59 Å². The highest BCUT2D eigenvalue weighted by atomic mass is 16.5. The number of hydrogen-bond acceptors (Lipinski definition) is 4. The second-order valence-electron chi connectivity index (χ2n) is 5.22. The standard InChI is InChI=1S/C15H19N3O3/c19-14(18-5-7-21-8-6-18)10-17-15(20)12-1-2-13-11(9-12)3-4-16-13/h1-2,9,16H,3-8,10H2,(H,17,20). The lowest BCUT2D eigenvalue weighted by Gasteiger charge is -2.26. The topological polar surface area (TPSA) is 70.7 Å². The van der Waals surface area contributed by atoms with Crippen LogP contribution in [0.1, 0.15) is 15.9 Å². The van der Waals surface area contributed by atoms with Crippen LogP contribution < -0.4 is 10.6 Å². The Morgan fingerprint density at radius 1 is 1.29 bits per heavy atom. The van der Waals surface area contributed by atoms with Crippen LogP contribution in [0.25, 0.3) is 0 Å². The van der Waals surface area contributed by atoms with Crippen molar-refractivity contribution in [1.29, 1.82) is 0 Å². The number of rotatable bonds is 3. The van der Waals surface area contributed by atoms with Crippen LogP contribution in [0.4, 0.5) is 5.69 Å². The Kier molecular flexibility index (Phi) is 4.06. The van der Waals surface area contributed by atoms with Gasteiger partial charge in [-0.05, 0) is 30.2 Å². The molecule has 0 atom stereocenters. The highest BCUT2D eigenvalue weighted by Gasteiger charge is 2.18. The minimum absolute atomic E-state index is 0.0359. The zero-order valence-electron chi connectivity index (χ0n) is 11.9. The summed E-state index contributed by atoms with van der Waals surface area (Å²) in [4.78, 5) is 25.8. The molecule has 2 N–H and O–H groups in total.